The lowest BCUT2D eigenvalue weighted by Crippen LogP contribution is -2.48. The SMILES string of the molecule is CC(C)CCN1CCC2(CC1)OC(=O)Nc1ccccc12. The molecular weight excluding hydrogens is 264 g/mol. The third-order valence-electron chi connectivity index (χ3n) is 4.63. The van der Waals surface area contributed by atoms with E-state index in [9.17, 15) is 4.79 Å². The fourth-order valence-corrected chi connectivity index (χ4v) is 3.31. The number of nitrogens with zero attached hydrogens (tertiary/aromatic N) is 1. The van der Waals surface area contributed by atoms with Crippen LogP contribution in [0.4, 0.5) is 10.5 Å². The van der Waals surface area contributed by atoms with E-state index in [1.54, 1.807) is 0 Å². The smallest absolute Gasteiger partial charge is 0.412 e. The number of hydrogen-bond donors (Lipinski definition) is 1. The number of ether oxygens (including phenoxy) is 1. The summed E-state index contributed by atoms with van der Waals surface area (Å²) in [7, 11) is 0. The van der Waals surface area contributed by atoms with Crippen molar-refractivity contribution < 1.29 is 9.53 Å². The van der Waals surface area contributed by atoms with Gasteiger partial charge in [-0.3, -0.25) is 5.32 Å². The first-order valence-corrected chi connectivity index (χ1v) is 7.91. The van der Waals surface area contributed by atoms with E-state index >= 15 is 0 Å². The summed E-state index contributed by atoms with van der Waals surface area (Å²) in [5.74, 6) is 0.735. The van der Waals surface area contributed by atoms with E-state index in [1.165, 1.54) is 6.42 Å². The molecule has 1 aromatic rings. The quantitative estimate of drug-likeness (QED) is 0.924. The Kier molecular flexibility index (Phi) is 3.89. The van der Waals surface area contributed by atoms with Crippen molar-refractivity contribution in [3.63, 3.8) is 0 Å². The lowest BCUT2D eigenvalue weighted by Gasteiger charge is -2.44. The van der Waals surface area contributed by atoms with Crippen LogP contribution >= 0.6 is 0 Å². The molecule has 0 aromatic heterocycles. The molecule has 1 saturated heterocycles. The number of carbonyl (C=O) groups excluding carboxylic acids is 1. The van der Waals surface area contributed by atoms with Crippen LogP contribution in [0.1, 0.15) is 38.7 Å². The monoisotopic (exact) mass is 288 g/mol. The second-order valence-corrected chi connectivity index (χ2v) is 6.58. The van der Waals surface area contributed by atoms with Crippen molar-refractivity contribution in [1.29, 1.82) is 0 Å². The van der Waals surface area contributed by atoms with Gasteiger partial charge in [0.05, 0.1) is 5.69 Å². The molecule has 2 aliphatic heterocycles. The Morgan fingerprint density at radius 3 is 2.71 bits per heavy atom. The first kappa shape index (κ1) is 14.4. The van der Waals surface area contributed by atoms with Crippen molar-refractivity contribution in [3.05, 3.63) is 29.8 Å². The number of rotatable bonds is 3. The van der Waals surface area contributed by atoms with Gasteiger partial charge in [0, 0.05) is 31.5 Å². The summed E-state index contributed by atoms with van der Waals surface area (Å²) in [6.45, 7) is 7.65. The fourth-order valence-electron chi connectivity index (χ4n) is 3.31. The topological polar surface area (TPSA) is 41.6 Å². The summed E-state index contributed by atoms with van der Waals surface area (Å²) >= 11 is 0. The Balaban J connectivity index is 1.74. The van der Waals surface area contributed by atoms with Crippen LogP contribution in [0.3, 0.4) is 0 Å². The Morgan fingerprint density at radius 2 is 2.00 bits per heavy atom. The summed E-state index contributed by atoms with van der Waals surface area (Å²) in [5.41, 5.74) is 1.62. The van der Waals surface area contributed by atoms with Gasteiger partial charge in [0.25, 0.3) is 0 Å². The number of carbonyl (C=O) groups is 1. The zero-order chi connectivity index (χ0) is 14.9. The van der Waals surface area contributed by atoms with Gasteiger partial charge >= 0.3 is 6.09 Å². The summed E-state index contributed by atoms with van der Waals surface area (Å²) in [4.78, 5) is 14.3. The van der Waals surface area contributed by atoms with Crippen LogP contribution in [-0.4, -0.2) is 30.6 Å². The molecule has 21 heavy (non-hydrogen) atoms. The molecule has 0 bridgehead atoms. The second-order valence-electron chi connectivity index (χ2n) is 6.58. The molecular formula is C17H24N2O2. The van der Waals surface area contributed by atoms with E-state index in [2.05, 4.69) is 30.1 Å². The highest BCUT2D eigenvalue weighted by Crippen LogP contribution is 2.43. The van der Waals surface area contributed by atoms with Gasteiger partial charge in [-0.2, -0.15) is 0 Å². The van der Waals surface area contributed by atoms with Crippen LogP contribution in [0.5, 0.6) is 0 Å². The minimum Gasteiger partial charge on any atom is -0.438 e. The molecule has 1 N–H and O–H groups in total. The molecule has 2 aliphatic rings. The summed E-state index contributed by atoms with van der Waals surface area (Å²) in [5, 5.41) is 2.81. The fraction of sp³-hybridized carbons (Fsp3) is 0.588. The average Bonchev–Trinajstić information content (AvgIpc) is 2.46. The van der Waals surface area contributed by atoms with Crippen molar-refractivity contribution in [3.8, 4) is 0 Å². The molecule has 1 aromatic carbocycles. The number of nitrogens with one attached hydrogen (secondary N) is 1. The summed E-state index contributed by atoms with van der Waals surface area (Å²) in [6, 6.07) is 8.02. The number of para-hydroxylation sites is 1. The predicted octanol–water partition coefficient (Wildman–Crippen LogP) is 3.59. The highest BCUT2D eigenvalue weighted by molar-refractivity contribution is 5.88. The molecule has 2 heterocycles. The largest absolute Gasteiger partial charge is 0.438 e. The van der Waals surface area contributed by atoms with Gasteiger partial charge in [-0.1, -0.05) is 32.0 Å². The lowest BCUT2D eigenvalue weighted by atomic mass is 9.82. The van der Waals surface area contributed by atoms with E-state index in [0.29, 0.717) is 0 Å². The molecule has 114 valence electrons. The summed E-state index contributed by atoms with van der Waals surface area (Å²) in [6.07, 6.45) is 2.68. The van der Waals surface area contributed by atoms with Gasteiger partial charge in [0.1, 0.15) is 5.60 Å². The number of anilines is 1. The molecule has 0 saturated carbocycles. The van der Waals surface area contributed by atoms with Crippen molar-refractivity contribution in [2.75, 3.05) is 25.0 Å². The Bertz CT molecular complexity index is 519. The van der Waals surface area contributed by atoms with Gasteiger partial charge in [-0.05, 0) is 24.9 Å². The van der Waals surface area contributed by atoms with Crippen molar-refractivity contribution in [1.82, 2.24) is 4.90 Å². The van der Waals surface area contributed by atoms with E-state index in [0.717, 1.165) is 49.6 Å². The first-order chi connectivity index (χ1) is 10.1. The highest BCUT2D eigenvalue weighted by atomic mass is 16.6. The third kappa shape index (κ3) is 2.91. The molecule has 3 rings (SSSR count). The third-order valence-corrected chi connectivity index (χ3v) is 4.63. The lowest BCUT2D eigenvalue weighted by molar-refractivity contribution is -0.0383. The highest BCUT2D eigenvalue weighted by Gasteiger charge is 2.44. The standard InChI is InChI=1S/C17H24N2O2/c1-13(2)7-10-19-11-8-17(9-12-19)14-5-3-4-6-15(14)18-16(20)21-17/h3-6,13H,7-12H2,1-2H3,(H,18,20). The Labute approximate surface area is 126 Å². The zero-order valence-electron chi connectivity index (χ0n) is 12.9. The molecule has 0 radical (unpaired) electrons. The van der Waals surface area contributed by atoms with Gasteiger partial charge in [0.2, 0.25) is 0 Å². The van der Waals surface area contributed by atoms with Gasteiger partial charge in [-0.15, -0.1) is 0 Å². The van der Waals surface area contributed by atoms with Crippen LogP contribution in [0.25, 0.3) is 0 Å². The van der Waals surface area contributed by atoms with Crippen molar-refractivity contribution in [2.45, 2.75) is 38.7 Å². The molecule has 4 nitrogen and oxygen atoms in total. The summed E-state index contributed by atoms with van der Waals surface area (Å²) < 4.78 is 5.74. The van der Waals surface area contributed by atoms with E-state index in [4.69, 9.17) is 4.74 Å². The number of hydrogen-bond acceptors (Lipinski definition) is 3. The average molecular weight is 288 g/mol. The molecule has 1 amide bonds. The Hall–Kier alpha value is -1.55. The minimum atomic E-state index is -0.423. The maximum atomic E-state index is 11.8. The van der Waals surface area contributed by atoms with Crippen LogP contribution in [0, 0.1) is 5.92 Å². The molecule has 0 atom stereocenters. The van der Waals surface area contributed by atoms with Crippen LogP contribution in [-0.2, 0) is 10.3 Å². The van der Waals surface area contributed by atoms with Gasteiger partial charge < -0.3 is 9.64 Å². The van der Waals surface area contributed by atoms with Crippen LogP contribution < -0.4 is 5.32 Å². The zero-order valence-corrected chi connectivity index (χ0v) is 12.9. The number of benzene rings is 1. The van der Waals surface area contributed by atoms with Crippen molar-refractivity contribution in [2.24, 2.45) is 5.92 Å². The Morgan fingerprint density at radius 1 is 1.29 bits per heavy atom. The van der Waals surface area contributed by atoms with E-state index in [1.807, 2.05) is 18.2 Å². The maximum Gasteiger partial charge on any atom is 0.412 e. The van der Waals surface area contributed by atoms with Crippen molar-refractivity contribution >= 4 is 11.8 Å². The molecule has 1 spiro atoms. The van der Waals surface area contributed by atoms with Gasteiger partial charge in [0.15, 0.2) is 0 Å². The number of fused-ring (bicyclic) bond motifs is 2. The first-order valence-electron chi connectivity index (χ1n) is 7.91. The van der Waals surface area contributed by atoms with E-state index < -0.39 is 5.60 Å². The predicted molar refractivity (Wildman–Crippen MR) is 83.4 cm³/mol. The van der Waals surface area contributed by atoms with E-state index in [-0.39, 0.29) is 6.09 Å². The van der Waals surface area contributed by atoms with Crippen LogP contribution in [0.2, 0.25) is 0 Å². The molecule has 1 fully saturated rings. The number of likely N-dealkylation sites (tertiary alicyclic amines) is 1. The second kappa shape index (κ2) is 5.68. The molecule has 0 aliphatic carbocycles. The van der Waals surface area contributed by atoms with Crippen LogP contribution in [0.15, 0.2) is 24.3 Å². The molecule has 4 heteroatoms. The normalized spacial score (nSPS) is 21.0. The maximum absolute atomic E-state index is 11.8. The van der Waals surface area contributed by atoms with Gasteiger partial charge in [-0.25, -0.2) is 4.79 Å². The number of piperidine rings is 1. The number of amides is 1. The minimum absolute atomic E-state index is 0.315. The molecule has 0 unspecified atom stereocenters.